The van der Waals surface area contributed by atoms with E-state index in [2.05, 4.69) is 17.6 Å². The lowest BCUT2D eigenvalue weighted by molar-refractivity contribution is -0.349. The van der Waals surface area contributed by atoms with Crippen LogP contribution in [0.3, 0.4) is 0 Å². The summed E-state index contributed by atoms with van der Waals surface area (Å²) in [4.78, 5) is 35.9. The number of ether oxygens (including phenoxy) is 4. The zero-order chi connectivity index (χ0) is 34.9. The van der Waals surface area contributed by atoms with Crippen molar-refractivity contribution in [1.29, 1.82) is 0 Å². The van der Waals surface area contributed by atoms with Crippen molar-refractivity contribution in [2.24, 2.45) is 0 Å². The fraction of sp³-hybridized carbons (Fsp3) is 0.903. The number of hydrogen-bond donors (Lipinski definition) is 9. The number of carboxylic acids is 2. The average Bonchev–Trinajstić information content (AvgIpc) is 3.04. The zero-order valence-electron chi connectivity index (χ0n) is 27.4. The minimum atomic E-state index is -1.97. The lowest BCUT2D eigenvalue weighted by Crippen LogP contribution is -2.66. The maximum atomic E-state index is 12.8. The van der Waals surface area contributed by atoms with Crippen molar-refractivity contribution in [2.75, 3.05) is 20.2 Å². The molecule has 274 valence electrons. The Morgan fingerprint density at radius 3 is 1.85 bits per heavy atom. The van der Waals surface area contributed by atoms with Gasteiger partial charge in [0, 0.05) is 13.2 Å². The molecule has 16 nitrogen and oxygen atoms in total. The van der Waals surface area contributed by atoms with E-state index in [9.17, 15) is 45.0 Å². The fourth-order valence-corrected chi connectivity index (χ4v) is 5.62. The molecule has 2 rings (SSSR count). The van der Waals surface area contributed by atoms with E-state index in [1.807, 2.05) is 0 Å². The summed E-state index contributed by atoms with van der Waals surface area (Å²) >= 11 is 0. The second-order valence-electron chi connectivity index (χ2n) is 12.3. The van der Waals surface area contributed by atoms with Gasteiger partial charge in [0.15, 0.2) is 24.8 Å². The lowest BCUT2D eigenvalue weighted by Gasteiger charge is -2.45. The number of aliphatic hydroxyl groups excluding tert-OH is 5. The highest BCUT2D eigenvalue weighted by Gasteiger charge is 2.53. The maximum Gasteiger partial charge on any atom is 0.335 e. The van der Waals surface area contributed by atoms with Crippen molar-refractivity contribution in [3.05, 3.63) is 0 Å². The highest BCUT2D eigenvalue weighted by atomic mass is 16.7. The van der Waals surface area contributed by atoms with Crippen LogP contribution in [0, 0.1) is 0 Å². The number of carboxylic acid groups (broad SMARTS) is 2. The Morgan fingerprint density at radius 1 is 0.702 bits per heavy atom. The lowest BCUT2D eigenvalue weighted by atomic mass is 9.96. The van der Waals surface area contributed by atoms with E-state index >= 15 is 0 Å². The first-order valence-corrected chi connectivity index (χ1v) is 16.8. The second-order valence-corrected chi connectivity index (χ2v) is 12.3. The molecule has 47 heavy (non-hydrogen) atoms. The Balaban J connectivity index is 1.88. The van der Waals surface area contributed by atoms with Crippen molar-refractivity contribution in [3.8, 4) is 0 Å². The minimum absolute atomic E-state index is 0.0780. The van der Waals surface area contributed by atoms with Crippen molar-refractivity contribution in [2.45, 2.75) is 158 Å². The van der Waals surface area contributed by atoms with Gasteiger partial charge in [0.2, 0.25) is 0 Å². The largest absolute Gasteiger partial charge is 0.480 e. The molecule has 0 radical (unpaired) electrons. The first-order chi connectivity index (χ1) is 22.4. The van der Waals surface area contributed by atoms with E-state index in [1.54, 1.807) is 0 Å². The Hall–Kier alpha value is -1.99. The molecule has 0 aromatic heterocycles. The van der Waals surface area contributed by atoms with E-state index in [4.69, 9.17) is 24.1 Å². The number of likely N-dealkylation sites (N-methyl/N-ethyl adjacent to an activating group) is 1. The topological polar surface area (TPSA) is 254 Å². The van der Waals surface area contributed by atoms with Gasteiger partial charge < -0.3 is 65.3 Å². The molecule has 0 aromatic carbocycles. The van der Waals surface area contributed by atoms with E-state index in [-0.39, 0.29) is 13.2 Å². The fourth-order valence-electron chi connectivity index (χ4n) is 5.62. The normalized spacial score (nSPS) is 31.7. The van der Waals surface area contributed by atoms with Crippen LogP contribution in [-0.4, -0.2) is 141 Å². The van der Waals surface area contributed by atoms with Gasteiger partial charge in [0.1, 0.15) is 42.7 Å². The predicted molar refractivity (Wildman–Crippen MR) is 165 cm³/mol. The Bertz CT molecular complexity index is 929. The number of amides is 1. The second kappa shape index (κ2) is 21.9. The summed E-state index contributed by atoms with van der Waals surface area (Å²) in [6.07, 6.45) is -6.17. The molecule has 0 aliphatic carbocycles. The summed E-state index contributed by atoms with van der Waals surface area (Å²) in [5.41, 5.74) is 0. The molecule has 11 atom stereocenters. The number of carbonyl (C=O) groups is 3. The summed E-state index contributed by atoms with van der Waals surface area (Å²) < 4.78 is 21.9. The Labute approximate surface area is 275 Å². The molecule has 1 amide bonds. The number of aliphatic carboxylic acids is 2. The summed E-state index contributed by atoms with van der Waals surface area (Å²) in [7, 11) is 1.52. The molecule has 0 bridgehead atoms. The van der Waals surface area contributed by atoms with Crippen LogP contribution in [0.2, 0.25) is 0 Å². The molecular weight excluding hydrogens is 624 g/mol. The van der Waals surface area contributed by atoms with Crippen LogP contribution in [0.5, 0.6) is 0 Å². The van der Waals surface area contributed by atoms with E-state index in [0.717, 1.165) is 25.7 Å². The quantitative estimate of drug-likeness (QED) is 0.0623. The van der Waals surface area contributed by atoms with Crippen LogP contribution in [0.4, 0.5) is 0 Å². The average molecular weight is 681 g/mol. The molecular formula is C31H56N2O14. The van der Waals surface area contributed by atoms with Crippen molar-refractivity contribution >= 4 is 17.8 Å². The highest BCUT2D eigenvalue weighted by Crippen LogP contribution is 2.30. The van der Waals surface area contributed by atoms with Gasteiger partial charge >= 0.3 is 11.9 Å². The van der Waals surface area contributed by atoms with E-state index in [1.165, 1.54) is 39.2 Å². The number of hydrogen-bond acceptors (Lipinski definition) is 13. The number of unbranched alkanes of at least 4 members (excludes halogenated alkanes) is 10. The summed E-state index contributed by atoms with van der Waals surface area (Å²) in [6.45, 7) is 2.42. The van der Waals surface area contributed by atoms with Gasteiger partial charge in [-0.15, -0.1) is 0 Å². The maximum absolute atomic E-state index is 12.8. The van der Waals surface area contributed by atoms with Crippen LogP contribution >= 0.6 is 0 Å². The number of nitrogens with one attached hydrogen (secondary N) is 2. The molecule has 9 N–H and O–H groups in total. The number of aliphatic hydroxyl groups is 5. The third-order valence-electron chi connectivity index (χ3n) is 8.55. The van der Waals surface area contributed by atoms with Crippen molar-refractivity contribution in [1.82, 2.24) is 10.6 Å². The highest BCUT2D eigenvalue weighted by molar-refractivity contribution is 5.81. The van der Waals surface area contributed by atoms with Gasteiger partial charge in [-0.05, 0) is 32.7 Å². The summed E-state index contributed by atoms with van der Waals surface area (Å²) in [5.74, 6) is -3.46. The molecule has 16 heteroatoms. The van der Waals surface area contributed by atoms with Gasteiger partial charge in [-0.3, -0.25) is 9.59 Å². The molecule has 2 fully saturated rings. The van der Waals surface area contributed by atoms with Crippen molar-refractivity contribution in [3.63, 3.8) is 0 Å². The van der Waals surface area contributed by atoms with Crippen LogP contribution in [0.15, 0.2) is 0 Å². The first kappa shape index (κ1) is 41.2. The van der Waals surface area contributed by atoms with Gasteiger partial charge in [-0.2, -0.15) is 0 Å². The summed E-state index contributed by atoms with van der Waals surface area (Å²) in [5, 5.41) is 76.8. The Kier molecular flexibility index (Phi) is 19.2. The minimum Gasteiger partial charge on any atom is -0.480 e. The zero-order valence-corrected chi connectivity index (χ0v) is 27.4. The first-order valence-electron chi connectivity index (χ1n) is 16.8. The molecule has 0 aromatic rings. The molecule has 2 aliphatic rings. The van der Waals surface area contributed by atoms with E-state index < -0.39 is 85.3 Å². The van der Waals surface area contributed by atoms with Crippen LogP contribution < -0.4 is 10.6 Å². The van der Waals surface area contributed by atoms with Crippen LogP contribution in [-0.2, 0) is 33.3 Å². The SMILES string of the molecule is CCCCCCCCCCCCO[C@@H]1O[C@H](C(=O)O)[C@@H](O[C@@H]2O[C@H](C(=O)NCCCCC(NC)C(=O)O)[C@@H](O)[C@H](O)[C@H]2O)[C@H](O)[C@H]1O. The van der Waals surface area contributed by atoms with Crippen LogP contribution in [0.25, 0.3) is 0 Å². The van der Waals surface area contributed by atoms with Gasteiger partial charge in [-0.1, -0.05) is 64.7 Å². The van der Waals surface area contributed by atoms with Crippen molar-refractivity contribution < 1.29 is 69.1 Å². The third kappa shape index (κ3) is 13.1. The predicted octanol–water partition coefficient (Wildman–Crippen LogP) is -0.393. The van der Waals surface area contributed by atoms with Gasteiger partial charge in [-0.25, -0.2) is 4.79 Å². The van der Waals surface area contributed by atoms with E-state index in [0.29, 0.717) is 25.7 Å². The van der Waals surface area contributed by atoms with Crippen LogP contribution in [0.1, 0.15) is 90.4 Å². The summed E-state index contributed by atoms with van der Waals surface area (Å²) in [6, 6.07) is -0.748. The molecule has 2 saturated heterocycles. The molecule has 2 heterocycles. The Morgan fingerprint density at radius 2 is 1.28 bits per heavy atom. The molecule has 1 unspecified atom stereocenters. The van der Waals surface area contributed by atoms with Gasteiger partial charge in [0.25, 0.3) is 5.91 Å². The molecule has 2 aliphatic heterocycles. The number of carbonyl (C=O) groups excluding carboxylic acids is 1. The standard InChI is InChI=1S/C31H56N2O14/c1-3-4-5-6-7-8-9-10-11-14-17-44-30-23(38)21(36)24(26(47-30)29(42)43)45-31-22(37)19(34)20(35)25(46-31)27(39)33-16-13-12-15-18(32-2)28(40)41/h18-26,30-32,34-38H,3-17H2,1-2H3,(H,33,39)(H,40,41)(H,42,43)/t18?,19-,20-,21+,22+,23+,24-,25-,26-,30+,31+/m0/s1. The third-order valence-corrected chi connectivity index (χ3v) is 8.55. The number of rotatable bonds is 23. The van der Waals surface area contributed by atoms with Gasteiger partial charge in [0.05, 0.1) is 0 Å². The molecule has 0 spiro atoms. The monoisotopic (exact) mass is 680 g/mol. The smallest absolute Gasteiger partial charge is 0.335 e. The molecule has 0 saturated carbocycles.